The van der Waals surface area contributed by atoms with E-state index in [0.717, 1.165) is 5.56 Å². The number of rotatable bonds is 6. The first kappa shape index (κ1) is 14.9. The van der Waals surface area contributed by atoms with Crippen molar-refractivity contribution >= 4 is 5.91 Å². The summed E-state index contributed by atoms with van der Waals surface area (Å²) in [5, 5.41) is 13.9. The van der Waals surface area contributed by atoms with Gasteiger partial charge in [-0.15, -0.1) is 0 Å². The van der Waals surface area contributed by atoms with E-state index in [1.165, 1.54) is 0 Å². The van der Waals surface area contributed by atoms with Gasteiger partial charge in [0, 0.05) is 36.8 Å². The minimum Gasteiger partial charge on any atom is -0.349 e. The summed E-state index contributed by atoms with van der Waals surface area (Å²) in [5.41, 5.74) is 0.876. The van der Waals surface area contributed by atoms with Crippen molar-refractivity contribution < 1.29 is 4.79 Å². The van der Waals surface area contributed by atoms with Crippen LogP contribution in [0.4, 0.5) is 0 Å². The number of hydrogen-bond donors (Lipinski definition) is 2. The molecule has 0 radical (unpaired) electrons. The molecule has 118 valence electrons. The lowest BCUT2D eigenvalue weighted by atomic mass is 10.2. The molecule has 2 N–H and O–H groups in total. The molecule has 3 heterocycles. The number of nitrogens with zero attached hydrogens (tertiary/aromatic N) is 5. The first-order valence-electron chi connectivity index (χ1n) is 7.30. The Bertz CT molecular complexity index is 751. The van der Waals surface area contributed by atoms with Crippen molar-refractivity contribution in [3.8, 4) is 11.4 Å². The summed E-state index contributed by atoms with van der Waals surface area (Å²) in [6.45, 7) is 2.26. The first-order valence-corrected chi connectivity index (χ1v) is 7.30. The lowest BCUT2D eigenvalue weighted by Crippen LogP contribution is -2.26. The van der Waals surface area contributed by atoms with Crippen molar-refractivity contribution in [2.45, 2.75) is 25.9 Å². The number of nitrogens with one attached hydrogen (secondary N) is 2. The number of pyridine rings is 1. The van der Waals surface area contributed by atoms with E-state index in [9.17, 15) is 4.79 Å². The minimum absolute atomic E-state index is 0.00658. The summed E-state index contributed by atoms with van der Waals surface area (Å²) < 4.78 is 1.76. The first-order chi connectivity index (χ1) is 11.2. The fourth-order valence-corrected chi connectivity index (χ4v) is 2.16. The Balaban J connectivity index is 1.52. The molecule has 1 amide bonds. The van der Waals surface area contributed by atoms with Gasteiger partial charge in [0.15, 0.2) is 5.82 Å². The van der Waals surface area contributed by atoms with E-state index in [4.69, 9.17) is 0 Å². The predicted molar refractivity (Wildman–Crippen MR) is 83.0 cm³/mol. The van der Waals surface area contributed by atoms with Crippen LogP contribution in [0.3, 0.4) is 0 Å². The van der Waals surface area contributed by atoms with Crippen LogP contribution in [0.2, 0.25) is 0 Å². The zero-order chi connectivity index (χ0) is 16.1. The highest BCUT2D eigenvalue weighted by Crippen LogP contribution is 2.12. The van der Waals surface area contributed by atoms with E-state index in [-0.39, 0.29) is 11.9 Å². The Labute approximate surface area is 133 Å². The van der Waals surface area contributed by atoms with Gasteiger partial charge in [-0.2, -0.15) is 10.2 Å². The largest absolute Gasteiger partial charge is 0.349 e. The molecule has 0 fully saturated rings. The Morgan fingerprint density at radius 1 is 1.35 bits per heavy atom. The predicted octanol–water partition coefficient (Wildman–Crippen LogP) is 1.33. The molecule has 0 aliphatic rings. The van der Waals surface area contributed by atoms with Gasteiger partial charge in [-0.1, -0.05) is 0 Å². The molecule has 1 atom stereocenters. The van der Waals surface area contributed by atoms with E-state index in [2.05, 4.69) is 30.6 Å². The van der Waals surface area contributed by atoms with E-state index >= 15 is 0 Å². The van der Waals surface area contributed by atoms with E-state index < -0.39 is 0 Å². The highest BCUT2D eigenvalue weighted by atomic mass is 16.1. The molecule has 0 bridgehead atoms. The Morgan fingerprint density at radius 3 is 2.91 bits per heavy atom. The molecule has 0 spiro atoms. The molecule has 8 heteroatoms. The number of H-pyrrole nitrogens is 1. The monoisotopic (exact) mass is 311 g/mol. The van der Waals surface area contributed by atoms with Gasteiger partial charge in [0.25, 0.3) is 0 Å². The molecule has 0 unspecified atom stereocenters. The third kappa shape index (κ3) is 3.79. The van der Waals surface area contributed by atoms with Crippen molar-refractivity contribution in [1.82, 2.24) is 35.3 Å². The molecule has 23 heavy (non-hydrogen) atoms. The maximum atomic E-state index is 12.0. The second-order valence-electron chi connectivity index (χ2n) is 5.16. The molecule has 0 aliphatic heterocycles. The molecule has 0 aromatic carbocycles. The van der Waals surface area contributed by atoms with Crippen LogP contribution >= 0.6 is 0 Å². The fourth-order valence-electron chi connectivity index (χ4n) is 2.16. The van der Waals surface area contributed by atoms with Gasteiger partial charge in [0.2, 0.25) is 5.91 Å². The Hall–Kier alpha value is -3.03. The molecule has 0 saturated carbocycles. The third-order valence-corrected chi connectivity index (χ3v) is 3.38. The van der Waals surface area contributed by atoms with Crippen LogP contribution < -0.4 is 5.32 Å². The van der Waals surface area contributed by atoms with E-state index in [1.807, 2.05) is 31.3 Å². The van der Waals surface area contributed by atoms with Gasteiger partial charge in [0.05, 0.1) is 12.6 Å². The lowest BCUT2D eigenvalue weighted by Gasteiger charge is -2.11. The van der Waals surface area contributed by atoms with Crippen LogP contribution in [0.5, 0.6) is 0 Å². The summed E-state index contributed by atoms with van der Waals surface area (Å²) in [6.07, 6.45) is 7.26. The highest BCUT2D eigenvalue weighted by Gasteiger charge is 2.12. The number of hydrogen-bond acceptors (Lipinski definition) is 5. The molecule has 0 saturated heterocycles. The summed E-state index contributed by atoms with van der Waals surface area (Å²) in [7, 11) is 0. The van der Waals surface area contributed by atoms with Gasteiger partial charge >= 0.3 is 0 Å². The summed E-state index contributed by atoms with van der Waals surface area (Å²) >= 11 is 0. The Morgan fingerprint density at radius 2 is 2.17 bits per heavy atom. The van der Waals surface area contributed by atoms with Gasteiger partial charge in [-0.3, -0.25) is 19.6 Å². The summed E-state index contributed by atoms with van der Waals surface area (Å²) in [4.78, 5) is 20.3. The van der Waals surface area contributed by atoms with Gasteiger partial charge < -0.3 is 5.32 Å². The van der Waals surface area contributed by atoms with Gasteiger partial charge in [-0.25, -0.2) is 4.98 Å². The van der Waals surface area contributed by atoms with Gasteiger partial charge in [-0.05, 0) is 25.1 Å². The normalized spacial score (nSPS) is 12.0. The van der Waals surface area contributed by atoms with E-state index in [0.29, 0.717) is 24.6 Å². The fraction of sp³-hybridized carbons (Fsp3) is 0.267. The highest BCUT2D eigenvalue weighted by molar-refractivity contribution is 5.76. The Kier molecular flexibility index (Phi) is 4.41. The SMILES string of the molecule is C[C@@H](CC(=O)NCc1nc(-c2ccncc2)n[nH]1)n1cccn1. The second kappa shape index (κ2) is 6.82. The van der Waals surface area contributed by atoms with Crippen molar-refractivity contribution in [3.63, 3.8) is 0 Å². The summed E-state index contributed by atoms with van der Waals surface area (Å²) in [5.74, 6) is 1.13. The maximum Gasteiger partial charge on any atom is 0.222 e. The quantitative estimate of drug-likeness (QED) is 0.715. The molecule has 8 nitrogen and oxygen atoms in total. The third-order valence-electron chi connectivity index (χ3n) is 3.38. The van der Waals surface area contributed by atoms with Crippen molar-refractivity contribution in [2.24, 2.45) is 0 Å². The molecule has 0 aliphatic carbocycles. The van der Waals surface area contributed by atoms with E-state index in [1.54, 1.807) is 23.3 Å². The molecule has 3 aromatic heterocycles. The smallest absolute Gasteiger partial charge is 0.222 e. The molecular weight excluding hydrogens is 294 g/mol. The topological polar surface area (TPSA) is 101 Å². The van der Waals surface area contributed by atoms with Crippen LogP contribution in [-0.2, 0) is 11.3 Å². The summed E-state index contributed by atoms with van der Waals surface area (Å²) in [6, 6.07) is 5.50. The van der Waals surface area contributed by atoms with Crippen molar-refractivity contribution in [3.05, 3.63) is 48.8 Å². The maximum absolute atomic E-state index is 12.0. The van der Waals surface area contributed by atoms with Crippen molar-refractivity contribution in [2.75, 3.05) is 0 Å². The molecule has 3 rings (SSSR count). The van der Waals surface area contributed by atoms with Crippen LogP contribution in [0, 0.1) is 0 Å². The standard InChI is InChI=1S/C15H17N7O/c1-11(22-8-2-5-18-22)9-14(23)17-10-13-19-15(21-20-13)12-3-6-16-7-4-12/h2-8,11H,9-10H2,1H3,(H,17,23)(H,19,20,21)/t11-/m0/s1. The second-order valence-corrected chi connectivity index (χ2v) is 5.16. The number of aromatic nitrogens is 6. The molecule has 3 aromatic rings. The average Bonchev–Trinajstić information content (AvgIpc) is 3.25. The zero-order valence-electron chi connectivity index (χ0n) is 12.7. The van der Waals surface area contributed by atoms with Crippen LogP contribution in [0.1, 0.15) is 25.2 Å². The van der Waals surface area contributed by atoms with Crippen molar-refractivity contribution in [1.29, 1.82) is 0 Å². The molecular formula is C15H17N7O. The number of carbonyl (C=O) groups excluding carboxylic acids is 1. The number of amides is 1. The minimum atomic E-state index is -0.0603. The number of carbonyl (C=O) groups is 1. The van der Waals surface area contributed by atoms with Gasteiger partial charge in [0.1, 0.15) is 5.82 Å². The average molecular weight is 311 g/mol. The van der Waals surface area contributed by atoms with Crippen LogP contribution in [-0.4, -0.2) is 35.9 Å². The van der Waals surface area contributed by atoms with Crippen LogP contribution in [0.15, 0.2) is 43.0 Å². The van der Waals surface area contributed by atoms with Crippen LogP contribution in [0.25, 0.3) is 11.4 Å². The lowest BCUT2D eigenvalue weighted by molar-refractivity contribution is -0.122. The zero-order valence-corrected chi connectivity index (χ0v) is 12.7. The number of aromatic amines is 1.